The van der Waals surface area contributed by atoms with Gasteiger partial charge in [-0.1, -0.05) is 48.5 Å². The van der Waals surface area contributed by atoms with Crippen molar-refractivity contribution in [3.63, 3.8) is 0 Å². The second-order valence-corrected chi connectivity index (χ2v) is 7.93. The Kier molecular flexibility index (Phi) is 4.12. The van der Waals surface area contributed by atoms with E-state index in [1.807, 2.05) is 23.1 Å². The first-order valence-corrected chi connectivity index (χ1v) is 9.87. The van der Waals surface area contributed by atoms with E-state index in [4.69, 9.17) is 0 Å². The van der Waals surface area contributed by atoms with Crippen LogP contribution in [0.15, 0.2) is 60.7 Å². The van der Waals surface area contributed by atoms with E-state index in [2.05, 4.69) is 17.4 Å². The maximum absolute atomic E-state index is 14.2. The third-order valence-corrected chi connectivity index (χ3v) is 6.27. The van der Waals surface area contributed by atoms with Gasteiger partial charge in [0.2, 0.25) is 5.91 Å². The van der Waals surface area contributed by atoms with Crippen LogP contribution in [0.2, 0.25) is 0 Å². The van der Waals surface area contributed by atoms with Crippen LogP contribution < -0.4 is 5.32 Å². The van der Waals surface area contributed by atoms with Crippen molar-refractivity contribution in [3.05, 3.63) is 83.2 Å². The molecule has 0 bridgehead atoms. The summed E-state index contributed by atoms with van der Waals surface area (Å²) in [6, 6.07) is 18.1. The zero-order valence-electron chi connectivity index (χ0n) is 16.1. The molecule has 1 N–H and O–H groups in total. The molecule has 3 aromatic carbocycles. The van der Waals surface area contributed by atoms with E-state index in [1.54, 1.807) is 24.3 Å². The van der Waals surface area contributed by atoms with Crippen LogP contribution >= 0.6 is 0 Å². The minimum Gasteiger partial charge on any atom is -0.349 e. The lowest BCUT2D eigenvalue weighted by Gasteiger charge is -2.23. The van der Waals surface area contributed by atoms with Crippen LogP contribution in [-0.2, 0) is 4.79 Å². The minimum atomic E-state index is -0.324. The van der Waals surface area contributed by atoms with Gasteiger partial charge in [-0.15, -0.1) is 0 Å². The van der Waals surface area contributed by atoms with Crippen molar-refractivity contribution in [2.45, 2.75) is 18.9 Å². The molecule has 1 saturated heterocycles. The van der Waals surface area contributed by atoms with Gasteiger partial charge in [0, 0.05) is 42.8 Å². The molecule has 0 aromatic heterocycles. The summed E-state index contributed by atoms with van der Waals surface area (Å²) in [7, 11) is 0. The van der Waals surface area contributed by atoms with E-state index < -0.39 is 0 Å². The number of carbonyl (C=O) groups excluding carboxylic acids is 2. The molecule has 1 fully saturated rings. The number of nitrogens with zero attached hydrogens (tertiary/aromatic N) is 1. The summed E-state index contributed by atoms with van der Waals surface area (Å²) in [5.74, 6) is -0.143. The summed E-state index contributed by atoms with van der Waals surface area (Å²) in [5.41, 5.74) is 2.87. The van der Waals surface area contributed by atoms with Gasteiger partial charge in [0.1, 0.15) is 5.82 Å². The van der Waals surface area contributed by atoms with Gasteiger partial charge >= 0.3 is 0 Å². The Bertz CT molecular complexity index is 1140. The number of hydrogen-bond donors (Lipinski definition) is 1. The predicted molar refractivity (Wildman–Crippen MR) is 109 cm³/mol. The fourth-order valence-corrected chi connectivity index (χ4v) is 5.05. The summed E-state index contributed by atoms with van der Waals surface area (Å²) in [6.07, 6.45) is 0. The van der Waals surface area contributed by atoms with Crippen molar-refractivity contribution in [2.75, 3.05) is 13.1 Å². The van der Waals surface area contributed by atoms with Crippen molar-refractivity contribution in [2.24, 2.45) is 5.92 Å². The maximum Gasteiger partial charge on any atom is 0.254 e. The van der Waals surface area contributed by atoms with Gasteiger partial charge in [0.25, 0.3) is 5.91 Å². The van der Waals surface area contributed by atoms with E-state index >= 15 is 0 Å². The lowest BCUT2D eigenvalue weighted by Crippen LogP contribution is -2.34. The lowest BCUT2D eigenvalue weighted by atomic mass is 9.94. The maximum atomic E-state index is 14.2. The van der Waals surface area contributed by atoms with Crippen molar-refractivity contribution in [1.82, 2.24) is 10.2 Å². The lowest BCUT2D eigenvalue weighted by molar-refractivity contribution is -0.120. The SMILES string of the molecule is CC(=O)N[C@H]1c2ccccc2[C@@H]2CN(C(=O)c3ccc(F)c4ccccc34)C[C@@H]21. The molecule has 5 rings (SSSR count). The Hall–Kier alpha value is -3.21. The molecule has 0 radical (unpaired) electrons. The number of nitrogens with one attached hydrogen (secondary N) is 1. The topological polar surface area (TPSA) is 49.4 Å². The predicted octanol–water partition coefficient (Wildman–Crippen LogP) is 4.03. The number of benzene rings is 3. The van der Waals surface area contributed by atoms with Crippen LogP contribution in [-0.4, -0.2) is 29.8 Å². The summed E-state index contributed by atoms with van der Waals surface area (Å²) >= 11 is 0. The Morgan fingerprint density at radius 3 is 2.38 bits per heavy atom. The van der Waals surface area contributed by atoms with Crippen molar-refractivity contribution >= 4 is 22.6 Å². The summed E-state index contributed by atoms with van der Waals surface area (Å²) in [4.78, 5) is 27.0. The van der Waals surface area contributed by atoms with Crippen LogP contribution in [0.25, 0.3) is 10.8 Å². The van der Waals surface area contributed by atoms with Gasteiger partial charge in [-0.25, -0.2) is 4.39 Å². The van der Waals surface area contributed by atoms with Gasteiger partial charge in [-0.3, -0.25) is 9.59 Å². The smallest absolute Gasteiger partial charge is 0.254 e. The number of carbonyl (C=O) groups is 2. The zero-order chi connectivity index (χ0) is 20.1. The molecule has 3 atom stereocenters. The second kappa shape index (κ2) is 6.69. The highest BCUT2D eigenvalue weighted by atomic mass is 19.1. The highest BCUT2D eigenvalue weighted by Gasteiger charge is 2.47. The molecule has 1 aliphatic heterocycles. The van der Waals surface area contributed by atoms with Crippen LogP contribution in [0.5, 0.6) is 0 Å². The third kappa shape index (κ3) is 2.80. The van der Waals surface area contributed by atoms with Crippen LogP contribution in [0.1, 0.15) is 40.4 Å². The number of fused-ring (bicyclic) bond motifs is 4. The second-order valence-electron chi connectivity index (χ2n) is 7.93. The highest BCUT2D eigenvalue weighted by molar-refractivity contribution is 6.07. The number of halogens is 1. The number of rotatable bonds is 2. The van der Waals surface area contributed by atoms with Crippen LogP contribution in [0.3, 0.4) is 0 Å². The molecular formula is C24H21FN2O2. The first kappa shape index (κ1) is 17.9. The van der Waals surface area contributed by atoms with E-state index in [1.165, 1.54) is 18.6 Å². The minimum absolute atomic E-state index is 0.0697. The first-order chi connectivity index (χ1) is 14.0. The largest absolute Gasteiger partial charge is 0.349 e. The molecule has 0 unspecified atom stereocenters. The van der Waals surface area contributed by atoms with Crippen LogP contribution in [0.4, 0.5) is 4.39 Å². The fourth-order valence-electron chi connectivity index (χ4n) is 5.05. The number of amides is 2. The molecule has 4 nitrogen and oxygen atoms in total. The van der Waals surface area contributed by atoms with E-state index in [-0.39, 0.29) is 35.5 Å². The van der Waals surface area contributed by atoms with Crippen molar-refractivity contribution in [1.29, 1.82) is 0 Å². The zero-order valence-corrected chi connectivity index (χ0v) is 16.1. The summed E-state index contributed by atoms with van der Waals surface area (Å²) in [6.45, 7) is 2.69. The quantitative estimate of drug-likeness (QED) is 0.721. The molecule has 0 spiro atoms. The molecule has 2 aliphatic rings. The first-order valence-electron chi connectivity index (χ1n) is 9.87. The molecule has 2 amide bonds. The standard InChI is InChI=1S/C24H21FN2O2/c1-14(28)26-23-18-9-5-3-7-16(18)20-12-27(13-21(20)23)24(29)19-10-11-22(25)17-8-4-2-6-15(17)19/h2-11,20-21,23H,12-13H2,1H3,(H,26,28)/t20-,21-,23-/m0/s1. The van der Waals surface area contributed by atoms with Gasteiger partial charge in [0.15, 0.2) is 0 Å². The third-order valence-electron chi connectivity index (χ3n) is 6.27. The Balaban J connectivity index is 1.49. The summed E-state index contributed by atoms with van der Waals surface area (Å²) < 4.78 is 14.2. The van der Waals surface area contributed by atoms with Gasteiger partial charge < -0.3 is 10.2 Å². The van der Waals surface area contributed by atoms with Gasteiger partial charge in [0.05, 0.1) is 6.04 Å². The van der Waals surface area contributed by atoms with E-state index in [0.29, 0.717) is 29.4 Å². The Morgan fingerprint density at radius 2 is 1.62 bits per heavy atom. The highest BCUT2D eigenvalue weighted by Crippen LogP contribution is 2.49. The normalized spacial score (nSPS) is 22.4. The average molecular weight is 388 g/mol. The molecule has 5 heteroatoms. The average Bonchev–Trinajstić information content (AvgIpc) is 3.27. The fraction of sp³-hybridized carbons (Fsp3) is 0.250. The summed E-state index contributed by atoms with van der Waals surface area (Å²) in [5, 5.41) is 4.17. The number of likely N-dealkylation sites (tertiary alicyclic amines) is 1. The van der Waals surface area contributed by atoms with Gasteiger partial charge in [-0.2, -0.15) is 0 Å². The Morgan fingerprint density at radius 1 is 0.931 bits per heavy atom. The molecule has 146 valence electrons. The molecule has 1 aliphatic carbocycles. The van der Waals surface area contributed by atoms with Crippen LogP contribution in [0, 0.1) is 11.7 Å². The van der Waals surface area contributed by atoms with Gasteiger partial charge in [-0.05, 0) is 28.6 Å². The molecule has 0 saturated carbocycles. The van der Waals surface area contributed by atoms with Crippen molar-refractivity contribution in [3.8, 4) is 0 Å². The van der Waals surface area contributed by atoms with Crippen molar-refractivity contribution < 1.29 is 14.0 Å². The Labute approximate surface area is 168 Å². The van der Waals surface area contributed by atoms with E-state index in [9.17, 15) is 14.0 Å². The monoisotopic (exact) mass is 388 g/mol. The molecular weight excluding hydrogens is 367 g/mol. The molecule has 3 aromatic rings. The molecule has 1 heterocycles. The van der Waals surface area contributed by atoms with E-state index in [0.717, 1.165) is 5.56 Å². The molecule has 29 heavy (non-hydrogen) atoms. The number of hydrogen-bond acceptors (Lipinski definition) is 2.